The van der Waals surface area contributed by atoms with Crippen molar-refractivity contribution in [3.63, 3.8) is 0 Å². The topological polar surface area (TPSA) is 89.8 Å². The average Bonchev–Trinajstić information content (AvgIpc) is 3.15. The van der Waals surface area contributed by atoms with Gasteiger partial charge in [-0.1, -0.05) is 197 Å². The van der Waals surface area contributed by atoms with Gasteiger partial charge in [0.1, 0.15) is 0 Å². The van der Waals surface area contributed by atoms with E-state index in [2.05, 4.69) is 55.6 Å². The number of hydrogen-bond acceptors (Lipinski definition) is 4. The molecule has 0 radical (unpaired) electrons. The molecule has 0 bridgehead atoms. The second kappa shape index (κ2) is 43.0. The van der Waals surface area contributed by atoms with Crippen LogP contribution in [0.25, 0.3) is 0 Å². The van der Waals surface area contributed by atoms with Crippen LogP contribution in [0, 0.1) is 0 Å². The summed E-state index contributed by atoms with van der Waals surface area (Å²) < 4.78 is 0. The van der Waals surface area contributed by atoms with E-state index in [9.17, 15) is 20.1 Å². The van der Waals surface area contributed by atoms with Gasteiger partial charge in [-0.15, -0.1) is 0 Å². The van der Waals surface area contributed by atoms with E-state index in [1.807, 2.05) is 6.08 Å². The molecule has 0 fully saturated rings. The van der Waals surface area contributed by atoms with E-state index in [1.165, 1.54) is 148 Å². The highest BCUT2D eigenvalue weighted by atomic mass is 16.3. The summed E-state index contributed by atoms with van der Waals surface area (Å²) >= 11 is 0. The Balaban J connectivity index is 3.72. The van der Waals surface area contributed by atoms with Crippen molar-refractivity contribution in [2.24, 2.45) is 0 Å². The number of hydrogen-bond donors (Lipinski definition) is 4. The van der Waals surface area contributed by atoms with Crippen LogP contribution in [0.3, 0.4) is 0 Å². The molecule has 0 saturated carbocycles. The fourth-order valence-electron chi connectivity index (χ4n) is 6.78. The Hall–Kier alpha value is -1.69. The normalized spacial score (nSPS) is 14.0. The molecular weight excluding hydrogens is 655 g/mol. The maximum Gasteiger partial charge on any atom is 0.222 e. The standard InChI is InChI=1S/C48H89NO4/c1-3-5-7-9-11-13-15-17-19-21-22-23-24-26-27-29-31-33-35-37-39-41-45(51)43-48(53)49-46(44-50)47(52)42-40-38-36-34-32-30-28-25-20-18-16-14-12-10-8-6-4-2/h20,25-27,32,34,40,42,45-47,50-52H,3-19,21-24,28-31,33,35-39,41,43-44H2,1-2H3,(H,49,53)/b25-20+,27-26-,34-32+,42-40+. The highest BCUT2D eigenvalue weighted by molar-refractivity contribution is 5.76. The van der Waals surface area contributed by atoms with Crippen LogP contribution in [0.4, 0.5) is 0 Å². The molecule has 0 aromatic rings. The SMILES string of the molecule is CCCCCCCCC/C=C/CC/C=C/CC/C=C/C(O)C(CO)NC(=O)CC(O)CCCCCCC/C=C\CCCCCCCCCCCCCC. The maximum atomic E-state index is 12.4. The smallest absolute Gasteiger partial charge is 0.222 e. The average molecular weight is 744 g/mol. The molecule has 3 atom stereocenters. The lowest BCUT2D eigenvalue weighted by atomic mass is 10.0. The molecule has 0 rings (SSSR count). The van der Waals surface area contributed by atoms with Crippen molar-refractivity contribution in [2.45, 2.75) is 244 Å². The number of aliphatic hydroxyl groups excluding tert-OH is 3. The zero-order chi connectivity index (χ0) is 38.7. The van der Waals surface area contributed by atoms with Crippen molar-refractivity contribution in [3.8, 4) is 0 Å². The van der Waals surface area contributed by atoms with Gasteiger partial charge in [-0.05, 0) is 70.6 Å². The second-order valence-corrected chi connectivity index (χ2v) is 15.6. The van der Waals surface area contributed by atoms with Crippen LogP contribution in [0.2, 0.25) is 0 Å². The summed E-state index contributed by atoms with van der Waals surface area (Å²) in [6, 6.07) is -0.770. The summed E-state index contributed by atoms with van der Waals surface area (Å²) in [5.41, 5.74) is 0. The second-order valence-electron chi connectivity index (χ2n) is 15.6. The minimum Gasteiger partial charge on any atom is -0.394 e. The Morgan fingerprint density at radius 3 is 1.21 bits per heavy atom. The van der Waals surface area contributed by atoms with Gasteiger partial charge in [-0.3, -0.25) is 4.79 Å². The zero-order valence-electron chi connectivity index (χ0n) is 35.1. The molecule has 3 unspecified atom stereocenters. The monoisotopic (exact) mass is 744 g/mol. The first-order chi connectivity index (χ1) is 26.0. The quantitative estimate of drug-likeness (QED) is 0.0371. The highest BCUT2D eigenvalue weighted by Crippen LogP contribution is 2.14. The first-order valence-electron chi connectivity index (χ1n) is 22.9. The maximum absolute atomic E-state index is 12.4. The van der Waals surface area contributed by atoms with Crippen molar-refractivity contribution in [3.05, 3.63) is 48.6 Å². The van der Waals surface area contributed by atoms with Crippen LogP contribution in [0.5, 0.6) is 0 Å². The molecule has 53 heavy (non-hydrogen) atoms. The van der Waals surface area contributed by atoms with Crippen molar-refractivity contribution in [1.29, 1.82) is 0 Å². The molecule has 1 amide bonds. The van der Waals surface area contributed by atoms with Crippen LogP contribution in [-0.4, -0.2) is 46.1 Å². The van der Waals surface area contributed by atoms with Gasteiger partial charge in [0.15, 0.2) is 0 Å². The molecule has 310 valence electrons. The van der Waals surface area contributed by atoms with Crippen molar-refractivity contribution in [2.75, 3.05) is 6.61 Å². The van der Waals surface area contributed by atoms with Crippen LogP contribution < -0.4 is 5.32 Å². The summed E-state index contributed by atoms with van der Waals surface area (Å²) in [5.74, 6) is -0.335. The molecule has 0 aliphatic carbocycles. The van der Waals surface area contributed by atoms with E-state index < -0.39 is 18.2 Å². The third kappa shape index (κ3) is 39.8. The van der Waals surface area contributed by atoms with Crippen LogP contribution in [-0.2, 0) is 4.79 Å². The Bertz CT molecular complexity index is 866. The van der Waals surface area contributed by atoms with Gasteiger partial charge < -0.3 is 20.6 Å². The predicted octanol–water partition coefficient (Wildman–Crippen LogP) is 13.3. The number of rotatable bonds is 41. The number of aliphatic hydroxyl groups is 3. The third-order valence-electron chi connectivity index (χ3n) is 10.3. The van der Waals surface area contributed by atoms with E-state index >= 15 is 0 Å². The number of nitrogens with one attached hydrogen (secondary N) is 1. The van der Waals surface area contributed by atoms with E-state index in [4.69, 9.17) is 0 Å². The van der Waals surface area contributed by atoms with Gasteiger partial charge in [0.2, 0.25) is 5.91 Å². The van der Waals surface area contributed by atoms with Crippen molar-refractivity contribution in [1.82, 2.24) is 5.32 Å². The molecule has 5 nitrogen and oxygen atoms in total. The number of allylic oxidation sites excluding steroid dienone is 7. The summed E-state index contributed by atoms with van der Waals surface area (Å²) in [4.78, 5) is 12.4. The minimum atomic E-state index is -0.962. The first kappa shape index (κ1) is 51.3. The van der Waals surface area contributed by atoms with E-state index in [0.29, 0.717) is 6.42 Å². The van der Waals surface area contributed by atoms with Gasteiger partial charge in [0, 0.05) is 0 Å². The van der Waals surface area contributed by atoms with Crippen molar-refractivity contribution < 1.29 is 20.1 Å². The Morgan fingerprint density at radius 2 is 0.811 bits per heavy atom. The van der Waals surface area contributed by atoms with Crippen LogP contribution in [0.15, 0.2) is 48.6 Å². The zero-order valence-corrected chi connectivity index (χ0v) is 35.1. The number of amides is 1. The lowest BCUT2D eigenvalue weighted by molar-refractivity contribution is -0.124. The molecule has 0 spiro atoms. The van der Waals surface area contributed by atoms with Crippen LogP contribution >= 0.6 is 0 Å². The first-order valence-corrected chi connectivity index (χ1v) is 22.9. The molecule has 0 aliphatic heterocycles. The molecule has 0 aromatic heterocycles. The Kier molecular flexibility index (Phi) is 41.7. The predicted molar refractivity (Wildman–Crippen MR) is 231 cm³/mol. The lowest BCUT2D eigenvalue weighted by Gasteiger charge is -2.20. The Labute approximate surface area is 329 Å². The van der Waals surface area contributed by atoms with Crippen molar-refractivity contribution >= 4 is 5.91 Å². The summed E-state index contributed by atoms with van der Waals surface area (Å²) in [7, 11) is 0. The summed E-state index contributed by atoms with van der Waals surface area (Å²) in [5, 5.41) is 33.2. The van der Waals surface area contributed by atoms with Gasteiger partial charge in [-0.25, -0.2) is 0 Å². The lowest BCUT2D eigenvalue weighted by Crippen LogP contribution is -2.45. The third-order valence-corrected chi connectivity index (χ3v) is 10.3. The van der Waals surface area contributed by atoms with E-state index in [1.54, 1.807) is 6.08 Å². The fourth-order valence-corrected chi connectivity index (χ4v) is 6.78. The Morgan fingerprint density at radius 1 is 0.472 bits per heavy atom. The molecule has 5 heteroatoms. The number of carbonyl (C=O) groups is 1. The van der Waals surface area contributed by atoms with E-state index in [0.717, 1.165) is 51.4 Å². The van der Waals surface area contributed by atoms with Crippen LogP contribution in [0.1, 0.15) is 226 Å². The van der Waals surface area contributed by atoms with Gasteiger partial charge in [0.25, 0.3) is 0 Å². The molecular formula is C48H89NO4. The summed E-state index contributed by atoms with van der Waals surface area (Å²) in [6.45, 7) is 4.19. The summed E-state index contributed by atoms with van der Waals surface area (Å²) in [6.07, 6.45) is 55.4. The highest BCUT2D eigenvalue weighted by Gasteiger charge is 2.20. The largest absolute Gasteiger partial charge is 0.394 e. The molecule has 0 saturated heterocycles. The molecule has 4 N–H and O–H groups in total. The van der Waals surface area contributed by atoms with Gasteiger partial charge in [0.05, 0.1) is 31.3 Å². The molecule has 0 aromatic carbocycles. The number of unbranched alkanes of at least 4 members (excludes halogenated alkanes) is 26. The molecule has 0 heterocycles. The minimum absolute atomic E-state index is 0.00394. The molecule has 0 aliphatic rings. The van der Waals surface area contributed by atoms with Gasteiger partial charge in [-0.2, -0.15) is 0 Å². The van der Waals surface area contributed by atoms with Gasteiger partial charge >= 0.3 is 0 Å². The van der Waals surface area contributed by atoms with E-state index in [-0.39, 0.29) is 18.9 Å². The number of carbonyl (C=O) groups excluding carboxylic acids is 1. The fraction of sp³-hybridized carbons (Fsp3) is 0.812.